The molecule has 3 aromatic carbocycles. The van der Waals surface area contributed by atoms with Crippen molar-refractivity contribution in [3.63, 3.8) is 0 Å². The van der Waals surface area contributed by atoms with Crippen molar-refractivity contribution in [2.75, 3.05) is 13.2 Å². The fourth-order valence-corrected chi connectivity index (χ4v) is 5.22. The third-order valence-corrected chi connectivity index (χ3v) is 7.43. The van der Waals surface area contributed by atoms with Gasteiger partial charge in [0.15, 0.2) is 23.2 Å². The first-order valence-electron chi connectivity index (χ1n) is 12.8. The van der Waals surface area contributed by atoms with Gasteiger partial charge in [-0.2, -0.15) is 4.39 Å². The van der Waals surface area contributed by atoms with Gasteiger partial charge in [-0.15, -0.1) is 0 Å². The van der Waals surface area contributed by atoms with Crippen LogP contribution < -0.4 is 4.74 Å². The summed E-state index contributed by atoms with van der Waals surface area (Å²) in [5.74, 6) is -3.54. The van der Waals surface area contributed by atoms with E-state index < -0.39 is 23.3 Å². The van der Waals surface area contributed by atoms with Gasteiger partial charge in [0.2, 0.25) is 5.82 Å². The Balaban J connectivity index is 1.19. The average Bonchev–Trinajstić information content (AvgIpc) is 3.73. The van der Waals surface area contributed by atoms with E-state index >= 15 is 8.78 Å². The summed E-state index contributed by atoms with van der Waals surface area (Å²) in [6.45, 7) is 2.76. The second kappa shape index (κ2) is 10.6. The van der Waals surface area contributed by atoms with Crippen molar-refractivity contribution >= 4 is 0 Å². The molecule has 0 amide bonds. The zero-order chi connectivity index (χ0) is 25.2. The summed E-state index contributed by atoms with van der Waals surface area (Å²) >= 11 is 0. The fourth-order valence-electron chi connectivity index (χ4n) is 5.22. The van der Waals surface area contributed by atoms with Crippen molar-refractivity contribution in [2.24, 2.45) is 5.92 Å². The van der Waals surface area contributed by atoms with Gasteiger partial charge in [-0.1, -0.05) is 49.7 Å². The van der Waals surface area contributed by atoms with Crippen LogP contribution in [0.2, 0.25) is 0 Å². The molecule has 2 aliphatic rings. The number of aryl methyl sites for hydroxylation is 1. The van der Waals surface area contributed by atoms with Crippen molar-refractivity contribution in [2.45, 2.75) is 57.5 Å². The molecular formula is C30H30F4O2. The molecule has 3 aromatic rings. The summed E-state index contributed by atoms with van der Waals surface area (Å²) in [5, 5.41) is 0. The molecule has 5 rings (SSSR count). The number of ether oxygens (including phenoxy) is 2. The summed E-state index contributed by atoms with van der Waals surface area (Å²) < 4.78 is 69.3. The molecule has 6 heteroatoms. The Labute approximate surface area is 209 Å². The van der Waals surface area contributed by atoms with E-state index in [0.29, 0.717) is 30.6 Å². The Bertz CT molecular complexity index is 1210. The van der Waals surface area contributed by atoms with E-state index in [4.69, 9.17) is 9.47 Å². The highest BCUT2D eigenvalue weighted by atomic mass is 19.2. The Kier molecular flexibility index (Phi) is 7.33. The first kappa shape index (κ1) is 24.8. The molecule has 36 heavy (non-hydrogen) atoms. The first-order chi connectivity index (χ1) is 17.5. The lowest BCUT2D eigenvalue weighted by atomic mass is 9.78. The molecule has 1 heterocycles. The normalized spacial score (nSPS) is 21.4. The maximum atomic E-state index is 15.1. The molecule has 1 atom stereocenters. The summed E-state index contributed by atoms with van der Waals surface area (Å²) in [4.78, 5) is 0. The molecule has 190 valence electrons. The van der Waals surface area contributed by atoms with Crippen LogP contribution in [0, 0.1) is 29.2 Å². The number of hydrogen-bond donors (Lipinski definition) is 0. The molecule has 0 bridgehead atoms. The van der Waals surface area contributed by atoms with Gasteiger partial charge < -0.3 is 9.47 Å². The van der Waals surface area contributed by atoms with Crippen LogP contribution in [-0.4, -0.2) is 13.2 Å². The predicted octanol–water partition coefficient (Wildman–Crippen LogP) is 8.29. The Morgan fingerprint density at radius 1 is 0.778 bits per heavy atom. The third-order valence-electron chi connectivity index (χ3n) is 7.43. The minimum Gasteiger partial charge on any atom is -0.490 e. The number of rotatable bonds is 8. The molecule has 2 nitrogen and oxygen atoms in total. The molecular weight excluding hydrogens is 468 g/mol. The van der Waals surface area contributed by atoms with Gasteiger partial charge in [0.25, 0.3) is 0 Å². The Hall–Kier alpha value is -2.86. The number of benzene rings is 3. The molecule has 2 fully saturated rings. The minimum absolute atomic E-state index is 0.0799. The minimum atomic E-state index is -0.991. The lowest BCUT2D eigenvalue weighted by Crippen LogP contribution is -2.20. The van der Waals surface area contributed by atoms with E-state index in [2.05, 4.69) is 6.92 Å². The van der Waals surface area contributed by atoms with Crippen LogP contribution in [-0.2, 0) is 11.2 Å². The van der Waals surface area contributed by atoms with Gasteiger partial charge in [0.1, 0.15) is 6.10 Å². The number of hydrogen-bond acceptors (Lipinski definition) is 2. The summed E-state index contributed by atoms with van der Waals surface area (Å²) in [5.41, 5.74) is 2.74. The monoisotopic (exact) mass is 498 g/mol. The predicted molar refractivity (Wildman–Crippen MR) is 131 cm³/mol. The zero-order valence-electron chi connectivity index (χ0n) is 20.3. The van der Waals surface area contributed by atoms with Crippen LogP contribution in [0.25, 0.3) is 11.1 Å². The van der Waals surface area contributed by atoms with Gasteiger partial charge >= 0.3 is 0 Å². The van der Waals surface area contributed by atoms with Crippen LogP contribution >= 0.6 is 0 Å². The van der Waals surface area contributed by atoms with Crippen molar-refractivity contribution < 1.29 is 27.0 Å². The summed E-state index contributed by atoms with van der Waals surface area (Å²) in [7, 11) is 0. The molecule has 1 saturated carbocycles. The molecule has 0 aromatic heterocycles. The maximum Gasteiger partial charge on any atom is 0.200 e. The van der Waals surface area contributed by atoms with Gasteiger partial charge in [-0.05, 0) is 72.8 Å². The lowest BCUT2D eigenvalue weighted by Gasteiger charge is -2.29. The molecule has 1 saturated heterocycles. The summed E-state index contributed by atoms with van der Waals surface area (Å²) in [6.07, 6.45) is 4.47. The Morgan fingerprint density at radius 2 is 1.44 bits per heavy atom. The maximum absolute atomic E-state index is 15.1. The highest BCUT2D eigenvalue weighted by molar-refractivity contribution is 5.65. The van der Waals surface area contributed by atoms with E-state index in [1.165, 1.54) is 17.7 Å². The third kappa shape index (κ3) is 5.15. The fraction of sp³-hybridized carbons (Fsp3) is 0.400. The second-order valence-electron chi connectivity index (χ2n) is 9.91. The SMILES string of the molecule is CCCc1ccc(-c2ccc(C3CCC(COc4ccc(C5CO5)c(F)c4F)CC3)c(F)c2F)cc1. The van der Waals surface area contributed by atoms with E-state index in [0.717, 1.165) is 25.7 Å². The van der Waals surface area contributed by atoms with E-state index in [9.17, 15) is 8.78 Å². The molecule has 0 spiro atoms. The van der Waals surface area contributed by atoms with Crippen LogP contribution in [0.5, 0.6) is 5.75 Å². The van der Waals surface area contributed by atoms with Crippen molar-refractivity contribution in [3.05, 3.63) is 88.5 Å². The highest BCUT2D eigenvalue weighted by Crippen LogP contribution is 2.40. The topological polar surface area (TPSA) is 21.8 Å². The van der Waals surface area contributed by atoms with Crippen LogP contribution in [0.1, 0.15) is 67.7 Å². The van der Waals surface area contributed by atoms with Crippen molar-refractivity contribution in [3.8, 4) is 16.9 Å². The van der Waals surface area contributed by atoms with Crippen molar-refractivity contribution in [1.29, 1.82) is 0 Å². The second-order valence-corrected chi connectivity index (χ2v) is 9.91. The van der Waals surface area contributed by atoms with Gasteiger partial charge in [-0.3, -0.25) is 0 Å². The lowest BCUT2D eigenvalue weighted by molar-refractivity contribution is 0.191. The van der Waals surface area contributed by atoms with Crippen LogP contribution in [0.4, 0.5) is 17.6 Å². The van der Waals surface area contributed by atoms with Crippen LogP contribution in [0.3, 0.4) is 0 Å². The highest BCUT2D eigenvalue weighted by Gasteiger charge is 2.31. The molecule has 1 aliphatic heterocycles. The van der Waals surface area contributed by atoms with Gasteiger partial charge in [-0.25, -0.2) is 13.2 Å². The smallest absolute Gasteiger partial charge is 0.200 e. The average molecular weight is 499 g/mol. The quantitative estimate of drug-likeness (QED) is 0.230. The zero-order valence-corrected chi connectivity index (χ0v) is 20.3. The number of halogens is 4. The Morgan fingerprint density at radius 3 is 2.11 bits per heavy atom. The molecule has 1 aliphatic carbocycles. The molecule has 0 radical (unpaired) electrons. The van der Waals surface area contributed by atoms with E-state index in [-0.39, 0.29) is 41.4 Å². The largest absolute Gasteiger partial charge is 0.490 e. The molecule has 1 unspecified atom stereocenters. The van der Waals surface area contributed by atoms with Crippen molar-refractivity contribution in [1.82, 2.24) is 0 Å². The van der Waals surface area contributed by atoms with Crippen LogP contribution in [0.15, 0.2) is 48.5 Å². The first-order valence-corrected chi connectivity index (χ1v) is 12.8. The van der Waals surface area contributed by atoms with E-state index in [1.54, 1.807) is 12.1 Å². The van der Waals surface area contributed by atoms with Gasteiger partial charge in [0.05, 0.1) is 13.2 Å². The number of epoxide rings is 1. The molecule has 0 N–H and O–H groups in total. The summed E-state index contributed by atoms with van der Waals surface area (Å²) in [6, 6.07) is 13.9. The standard InChI is InChI=1S/C30H30F4O2/c1-2-3-18-4-8-20(9-5-18)22-12-13-23(28(32)27(22)31)21-10-6-19(7-11-21)16-35-25-15-14-24(26-17-36-26)29(33)30(25)34/h4-5,8-9,12-15,19,21,26H,2-3,6-7,10-11,16-17H2,1H3. The van der Waals surface area contributed by atoms with E-state index in [1.807, 2.05) is 24.3 Å². The van der Waals surface area contributed by atoms with Gasteiger partial charge in [0, 0.05) is 11.1 Å².